The fourth-order valence-corrected chi connectivity index (χ4v) is 2.67. The first-order chi connectivity index (χ1) is 11.3. The van der Waals surface area contributed by atoms with Crippen molar-refractivity contribution in [2.45, 2.75) is 12.5 Å². The van der Waals surface area contributed by atoms with Crippen LogP contribution in [-0.4, -0.2) is 11.7 Å². The standard InChI is InChI=1S/C19H16FN3/c20-11-10-17(14-6-2-1-3-7-14)23-19-15(12-21)13-22-18-9-5-4-8-16(18)19/h1-9,13,17H,10-11H2,(H,22,23)/t17-/m1/s1. The smallest absolute Gasteiger partial charge is 0.103 e. The quantitative estimate of drug-likeness (QED) is 0.748. The summed E-state index contributed by atoms with van der Waals surface area (Å²) in [5.74, 6) is 0. The van der Waals surface area contributed by atoms with Gasteiger partial charge in [0.15, 0.2) is 0 Å². The van der Waals surface area contributed by atoms with Crippen molar-refractivity contribution in [2.24, 2.45) is 0 Å². The summed E-state index contributed by atoms with van der Waals surface area (Å²) in [6, 6.07) is 19.3. The molecule has 0 bridgehead atoms. The lowest BCUT2D eigenvalue weighted by molar-refractivity contribution is 0.451. The molecule has 1 N–H and O–H groups in total. The number of nitrogens with zero attached hydrogens (tertiary/aromatic N) is 2. The number of aromatic nitrogens is 1. The third-order valence-electron chi connectivity index (χ3n) is 3.81. The molecule has 3 nitrogen and oxygen atoms in total. The van der Waals surface area contributed by atoms with Gasteiger partial charge in [0.25, 0.3) is 0 Å². The van der Waals surface area contributed by atoms with E-state index in [0.717, 1.165) is 16.5 Å². The summed E-state index contributed by atoms with van der Waals surface area (Å²) in [6.07, 6.45) is 1.90. The predicted octanol–water partition coefficient (Wildman–Crippen LogP) is 4.62. The molecule has 1 heterocycles. The van der Waals surface area contributed by atoms with E-state index in [2.05, 4.69) is 16.4 Å². The first kappa shape index (κ1) is 15.0. The van der Waals surface area contributed by atoms with Crippen molar-refractivity contribution in [3.63, 3.8) is 0 Å². The van der Waals surface area contributed by atoms with Crippen molar-refractivity contribution in [1.82, 2.24) is 4.98 Å². The molecule has 3 aromatic rings. The number of nitriles is 1. The molecule has 23 heavy (non-hydrogen) atoms. The van der Waals surface area contributed by atoms with Crippen molar-refractivity contribution >= 4 is 16.6 Å². The highest BCUT2D eigenvalue weighted by molar-refractivity contribution is 5.94. The maximum atomic E-state index is 13.0. The molecule has 3 rings (SSSR count). The molecule has 0 aliphatic heterocycles. The van der Waals surface area contributed by atoms with E-state index in [1.165, 1.54) is 0 Å². The number of alkyl halides is 1. The number of hydrogen-bond donors (Lipinski definition) is 1. The molecule has 0 radical (unpaired) electrons. The van der Waals surface area contributed by atoms with Gasteiger partial charge in [0.05, 0.1) is 29.5 Å². The number of benzene rings is 2. The highest BCUT2D eigenvalue weighted by Gasteiger charge is 2.15. The maximum Gasteiger partial charge on any atom is 0.103 e. The second-order valence-corrected chi connectivity index (χ2v) is 5.26. The van der Waals surface area contributed by atoms with Gasteiger partial charge in [0.1, 0.15) is 6.07 Å². The van der Waals surface area contributed by atoms with E-state index in [-0.39, 0.29) is 6.04 Å². The van der Waals surface area contributed by atoms with Crippen molar-refractivity contribution in [2.75, 3.05) is 12.0 Å². The summed E-state index contributed by atoms with van der Waals surface area (Å²) in [5, 5.41) is 13.6. The Bertz CT molecular complexity index is 840. The van der Waals surface area contributed by atoms with Crippen LogP contribution in [0.5, 0.6) is 0 Å². The lowest BCUT2D eigenvalue weighted by Crippen LogP contribution is -2.13. The van der Waals surface area contributed by atoms with Crippen LogP contribution < -0.4 is 5.32 Å². The zero-order chi connectivity index (χ0) is 16.1. The van der Waals surface area contributed by atoms with Crippen LogP contribution >= 0.6 is 0 Å². The van der Waals surface area contributed by atoms with Gasteiger partial charge in [0.2, 0.25) is 0 Å². The fraction of sp³-hybridized carbons (Fsp3) is 0.158. The zero-order valence-corrected chi connectivity index (χ0v) is 12.5. The Labute approximate surface area is 134 Å². The molecule has 2 aromatic carbocycles. The van der Waals surface area contributed by atoms with E-state index in [4.69, 9.17) is 0 Å². The van der Waals surface area contributed by atoms with Crippen molar-refractivity contribution < 1.29 is 4.39 Å². The Balaban J connectivity index is 2.06. The first-order valence-corrected chi connectivity index (χ1v) is 7.48. The summed E-state index contributed by atoms with van der Waals surface area (Å²) in [7, 11) is 0. The molecular weight excluding hydrogens is 289 g/mol. The average molecular weight is 305 g/mol. The molecule has 4 heteroatoms. The van der Waals surface area contributed by atoms with E-state index >= 15 is 0 Å². The highest BCUT2D eigenvalue weighted by Crippen LogP contribution is 2.30. The molecule has 1 atom stereocenters. The van der Waals surface area contributed by atoms with Gasteiger partial charge in [-0.1, -0.05) is 48.5 Å². The van der Waals surface area contributed by atoms with Gasteiger partial charge < -0.3 is 5.32 Å². The van der Waals surface area contributed by atoms with Crippen molar-refractivity contribution in [3.8, 4) is 6.07 Å². The van der Waals surface area contributed by atoms with Gasteiger partial charge >= 0.3 is 0 Å². The monoisotopic (exact) mass is 305 g/mol. The van der Waals surface area contributed by atoms with Crippen LogP contribution in [0.4, 0.5) is 10.1 Å². The van der Waals surface area contributed by atoms with E-state index in [0.29, 0.717) is 17.7 Å². The third-order valence-corrected chi connectivity index (χ3v) is 3.81. The van der Waals surface area contributed by atoms with Crippen LogP contribution in [0.1, 0.15) is 23.6 Å². The third kappa shape index (κ3) is 3.14. The Morgan fingerprint density at radius 2 is 1.83 bits per heavy atom. The van der Waals surface area contributed by atoms with E-state index in [9.17, 15) is 9.65 Å². The zero-order valence-electron chi connectivity index (χ0n) is 12.5. The molecule has 0 fully saturated rings. The number of pyridine rings is 1. The molecule has 1 aromatic heterocycles. The summed E-state index contributed by atoms with van der Waals surface area (Å²) in [4.78, 5) is 4.30. The largest absolute Gasteiger partial charge is 0.376 e. The number of para-hydroxylation sites is 1. The summed E-state index contributed by atoms with van der Waals surface area (Å²) in [5.41, 5.74) is 2.97. The number of halogens is 1. The normalized spacial score (nSPS) is 11.8. The number of hydrogen-bond acceptors (Lipinski definition) is 3. The predicted molar refractivity (Wildman–Crippen MR) is 89.9 cm³/mol. The van der Waals surface area contributed by atoms with E-state index in [1.54, 1.807) is 6.20 Å². The minimum Gasteiger partial charge on any atom is -0.376 e. The van der Waals surface area contributed by atoms with Gasteiger partial charge in [-0.05, 0) is 11.6 Å². The molecule has 0 saturated heterocycles. The van der Waals surface area contributed by atoms with Crippen LogP contribution in [0.2, 0.25) is 0 Å². The maximum absolute atomic E-state index is 13.0. The van der Waals surface area contributed by atoms with Crippen LogP contribution in [0.3, 0.4) is 0 Å². The molecule has 0 spiro atoms. The van der Waals surface area contributed by atoms with E-state index < -0.39 is 6.67 Å². The lowest BCUT2D eigenvalue weighted by Gasteiger charge is -2.21. The summed E-state index contributed by atoms with van der Waals surface area (Å²) < 4.78 is 13.0. The molecule has 0 aliphatic carbocycles. The molecule has 0 aliphatic rings. The summed E-state index contributed by atoms with van der Waals surface area (Å²) >= 11 is 0. The highest BCUT2D eigenvalue weighted by atomic mass is 19.1. The molecule has 0 saturated carbocycles. The average Bonchev–Trinajstić information content (AvgIpc) is 2.62. The van der Waals surface area contributed by atoms with Crippen molar-refractivity contribution in [1.29, 1.82) is 5.26 Å². The lowest BCUT2D eigenvalue weighted by atomic mass is 10.0. The number of anilines is 1. The molecular formula is C19H16FN3. The van der Waals surface area contributed by atoms with Gasteiger partial charge in [-0.25, -0.2) is 0 Å². The number of rotatable bonds is 5. The Kier molecular flexibility index (Phi) is 4.49. The van der Waals surface area contributed by atoms with Crippen LogP contribution in [-0.2, 0) is 0 Å². The first-order valence-electron chi connectivity index (χ1n) is 7.48. The second-order valence-electron chi connectivity index (χ2n) is 5.26. The van der Waals surface area contributed by atoms with Gasteiger partial charge in [0, 0.05) is 18.0 Å². The van der Waals surface area contributed by atoms with Crippen LogP contribution in [0, 0.1) is 11.3 Å². The molecule has 114 valence electrons. The Morgan fingerprint density at radius 1 is 1.09 bits per heavy atom. The Hall–Kier alpha value is -2.93. The van der Waals surface area contributed by atoms with Gasteiger partial charge in [-0.15, -0.1) is 0 Å². The molecule has 0 amide bonds. The SMILES string of the molecule is N#Cc1cnc2ccccc2c1N[C@H](CCF)c1ccccc1. The molecule has 0 unspecified atom stereocenters. The van der Waals surface area contributed by atoms with Crippen LogP contribution in [0.15, 0.2) is 60.8 Å². The van der Waals surface area contributed by atoms with E-state index in [1.807, 2.05) is 54.6 Å². The number of nitrogens with one attached hydrogen (secondary N) is 1. The van der Waals surface area contributed by atoms with Gasteiger partial charge in [-0.3, -0.25) is 9.37 Å². The van der Waals surface area contributed by atoms with Crippen molar-refractivity contribution in [3.05, 3.63) is 71.9 Å². The fourth-order valence-electron chi connectivity index (χ4n) is 2.67. The van der Waals surface area contributed by atoms with Gasteiger partial charge in [-0.2, -0.15) is 5.26 Å². The number of fused-ring (bicyclic) bond motifs is 1. The second kappa shape index (κ2) is 6.89. The topological polar surface area (TPSA) is 48.7 Å². The summed E-state index contributed by atoms with van der Waals surface area (Å²) in [6.45, 7) is -0.433. The van der Waals surface area contributed by atoms with Crippen LogP contribution in [0.25, 0.3) is 10.9 Å². The minimum atomic E-state index is -0.433. The minimum absolute atomic E-state index is 0.195. The Morgan fingerprint density at radius 3 is 2.57 bits per heavy atom.